The SMILES string of the molecule is CCOc1cc(C2/C(=C(/O)c3ccc([N+](=O)[O-])cc3)C(=O)C(=O)N2c2cccc(C)c2)ccc1OC. The number of methoxy groups -OCH3 is 1. The van der Waals surface area contributed by atoms with Crippen LogP contribution in [0.25, 0.3) is 5.76 Å². The van der Waals surface area contributed by atoms with Crippen LogP contribution in [-0.2, 0) is 9.59 Å². The number of amides is 1. The molecule has 0 saturated carbocycles. The van der Waals surface area contributed by atoms with Gasteiger partial charge in [-0.2, -0.15) is 0 Å². The molecule has 0 aliphatic carbocycles. The van der Waals surface area contributed by atoms with Gasteiger partial charge in [-0.3, -0.25) is 24.6 Å². The van der Waals surface area contributed by atoms with E-state index in [1.165, 1.54) is 36.3 Å². The second-order valence-electron chi connectivity index (χ2n) is 8.16. The summed E-state index contributed by atoms with van der Waals surface area (Å²) in [7, 11) is 1.50. The summed E-state index contributed by atoms with van der Waals surface area (Å²) in [5.41, 5.74) is 1.75. The molecule has 9 heteroatoms. The van der Waals surface area contributed by atoms with Crippen LogP contribution in [-0.4, -0.2) is 35.4 Å². The Balaban J connectivity index is 1.95. The Morgan fingerprint density at radius 1 is 1.06 bits per heavy atom. The van der Waals surface area contributed by atoms with E-state index in [0.717, 1.165) is 5.56 Å². The smallest absolute Gasteiger partial charge is 0.300 e. The first-order valence-corrected chi connectivity index (χ1v) is 11.2. The summed E-state index contributed by atoms with van der Waals surface area (Å²) < 4.78 is 11.1. The number of ether oxygens (including phenoxy) is 2. The number of rotatable bonds is 7. The number of aliphatic hydroxyl groups is 1. The second-order valence-corrected chi connectivity index (χ2v) is 8.16. The molecule has 4 rings (SSSR count). The predicted molar refractivity (Wildman–Crippen MR) is 133 cm³/mol. The first-order chi connectivity index (χ1) is 17.3. The Morgan fingerprint density at radius 2 is 1.78 bits per heavy atom. The molecule has 9 nitrogen and oxygen atoms in total. The highest BCUT2D eigenvalue weighted by Crippen LogP contribution is 2.44. The molecule has 3 aromatic carbocycles. The van der Waals surface area contributed by atoms with Gasteiger partial charge in [0.1, 0.15) is 5.76 Å². The van der Waals surface area contributed by atoms with Gasteiger partial charge in [0.2, 0.25) is 0 Å². The number of hydrogen-bond acceptors (Lipinski definition) is 7. The lowest BCUT2D eigenvalue weighted by Gasteiger charge is -2.26. The van der Waals surface area contributed by atoms with Gasteiger partial charge in [0.25, 0.3) is 17.4 Å². The van der Waals surface area contributed by atoms with Gasteiger partial charge in [-0.25, -0.2) is 0 Å². The molecular weight excluding hydrogens is 464 g/mol. The van der Waals surface area contributed by atoms with Crippen LogP contribution in [0.1, 0.15) is 29.7 Å². The van der Waals surface area contributed by atoms with E-state index < -0.39 is 28.4 Å². The Kier molecular flexibility index (Phi) is 6.73. The molecule has 36 heavy (non-hydrogen) atoms. The molecule has 1 fully saturated rings. The number of ketones is 1. The highest BCUT2D eigenvalue weighted by molar-refractivity contribution is 6.51. The summed E-state index contributed by atoms with van der Waals surface area (Å²) in [5, 5.41) is 22.3. The van der Waals surface area contributed by atoms with Gasteiger partial charge >= 0.3 is 0 Å². The first-order valence-electron chi connectivity index (χ1n) is 11.2. The van der Waals surface area contributed by atoms with Gasteiger partial charge in [-0.05, 0) is 61.4 Å². The van der Waals surface area contributed by atoms with Crippen molar-refractivity contribution in [3.63, 3.8) is 0 Å². The maximum absolute atomic E-state index is 13.3. The zero-order valence-electron chi connectivity index (χ0n) is 19.9. The van der Waals surface area contributed by atoms with Gasteiger partial charge in [0.15, 0.2) is 11.5 Å². The van der Waals surface area contributed by atoms with Gasteiger partial charge in [-0.1, -0.05) is 18.2 Å². The summed E-state index contributed by atoms with van der Waals surface area (Å²) >= 11 is 0. The summed E-state index contributed by atoms with van der Waals surface area (Å²) in [6, 6.07) is 16.3. The van der Waals surface area contributed by atoms with Gasteiger partial charge in [-0.15, -0.1) is 0 Å². The minimum Gasteiger partial charge on any atom is -0.507 e. The molecule has 3 aromatic rings. The Labute approximate surface area is 207 Å². The van der Waals surface area contributed by atoms with Crippen molar-refractivity contribution >= 4 is 28.8 Å². The van der Waals surface area contributed by atoms with Crippen LogP contribution in [0.5, 0.6) is 11.5 Å². The van der Waals surface area contributed by atoms with Crippen molar-refractivity contribution in [3.8, 4) is 11.5 Å². The summed E-state index contributed by atoms with van der Waals surface area (Å²) in [4.78, 5) is 38.4. The number of carbonyl (C=O) groups excluding carboxylic acids is 2. The Hall–Kier alpha value is -4.66. The van der Waals surface area contributed by atoms with Crippen molar-refractivity contribution in [1.29, 1.82) is 0 Å². The molecule has 1 aliphatic heterocycles. The fraction of sp³-hybridized carbons (Fsp3) is 0.185. The number of anilines is 1. The zero-order chi connectivity index (χ0) is 26.0. The first kappa shape index (κ1) is 24.5. The van der Waals surface area contributed by atoms with Crippen molar-refractivity contribution in [2.24, 2.45) is 0 Å². The minimum absolute atomic E-state index is 0.136. The lowest BCUT2D eigenvalue weighted by Crippen LogP contribution is -2.29. The van der Waals surface area contributed by atoms with Crippen LogP contribution in [0, 0.1) is 17.0 Å². The van der Waals surface area contributed by atoms with Crippen molar-refractivity contribution in [2.45, 2.75) is 19.9 Å². The number of Topliss-reactive ketones (excluding diaryl/α,β-unsaturated/α-hetero) is 1. The van der Waals surface area contributed by atoms with E-state index in [0.29, 0.717) is 29.4 Å². The third-order valence-corrected chi connectivity index (χ3v) is 5.88. The van der Waals surface area contributed by atoms with E-state index in [9.17, 15) is 24.8 Å². The highest BCUT2D eigenvalue weighted by Gasteiger charge is 2.47. The van der Waals surface area contributed by atoms with E-state index in [1.807, 2.05) is 19.9 Å². The van der Waals surface area contributed by atoms with Crippen LogP contribution in [0.15, 0.2) is 72.3 Å². The molecule has 1 heterocycles. The highest BCUT2D eigenvalue weighted by atomic mass is 16.6. The number of hydrogen-bond donors (Lipinski definition) is 1. The van der Waals surface area contributed by atoms with Crippen LogP contribution in [0.2, 0.25) is 0 Å². The average molecular weight is 488 g/mol. The Bertz CT molecular complexity index is 1380. The number of non-ortho nitro benzene ring substituents is 1. The van der Waals surface area contributed by atoms with Crippen molar-refractivity contribution in [2.75, 3.05) is 18.6 Å². The summed E-state index contributed by atoms with van der Waals surface area (Å²) in [6.45, 7) is 4.05. The van der Waals surface area contributed by atoms with E-state index in [2.05, 4.69) is 0 Å². The molecular formula is C27H24N2O7. The van der Waals surface area contributed by atoms with E-state index in [-0.39, 0.29) is 16.8 Å². The van der Waals surface area contributed by atoms with Crippen LogP contribution in [0.4, 0.5) is 11.4 Å². The average Bonchev–Trinajstić information content (AvgIpc) is 3.14. The largest absolute Gasteiger partial charge is 0.507 e. The quantitative estimate of drug-likeness (QED) is 0.165. The van der Waals surface area contributed by atoms with Crippen molar-refractivity contribution < 1.29 is 29.1 Å². The molecule has 1 saturated heterocycles. The van der Waals surface area contributed by atoms with Crippen LogP contribution >= 0.6 is 0 Å². The number of aryl methyl sites for hydroxylation is 1. The number of nitro groups is 1. The van der Waals surface area contributed by atoms with Crippen molar-refractivity contribution in [3.05, 3.63) is 99.1 Å². The summed E-state index contributed by atoms with van der Waals surface area (Å²) in [6.07, 6.45) is 0. The number of aliphatic hydroxyl groups excluding tert-OH is 1. The standard InChI is InChI=1S/C27H24N2O7/c1-4-36-22-15-18(10-13-21(22)35-3)24-23(25(30)17-8-11-19(12-9-17)29(33)34)26(31)27(32)28(24)20-7-5-6-16(2)14-20/h5-15,24,30H,4H2,1-3H3/b25-23-. The summed E-state index contributed by atoms with van der Waals surface area (Å²) in [5.74, 6) is -1.21. The second kappa shape index (κ2) is 9.91. The monoisotopic (exact) mass is 488 g/mol. The molecule has 0 aromatic heterocycles. The fourth-order valence-corrected chi connectivity index (χ4v) is 4.22. The lowest BCUT2D eigenvalue weighted by molar-refractivity contribution is -0.384. The van der Waals surface area contributed by atoms with Gasteiger partial charge in [0, 0.05) is 23.4 Å². The van der Waals surface area contributed by atoms with E-state index in [1.54, 1.807) is 36.4 Å². The molecule has 1 unspecified atom stereocenters. The molecule has 1 amide bonds. The number of nitrogens with zero attached hydrogens (tertiary/aromatic N) is 2. The maximum Gasteiger partial charge on any atom is 0.300 e. The molecule has 0 radical (unpaired) electrons. The minimum atomic E-state index is -0.980. The number of benzene rings is 3. The molecule has 1 atom stereocenters. The van der Waals surface area contributed by atoms with E-state index in [4.69, 9.17) is 9.47 Å². The third kappa shape index (κ3) is 4.38. The lowest BCUT2D eigenvalue weighted by atomic mass is 9.94. The molecule has 184 valence electrons. The predicted octanol–water partition coefficient (Wildman–Crippen LogP) is 4.94. The number of nitro benzene ring substituents is 1. The van der Waals surface area contributed by atoms with E-state index >= 15 is 0 Å². The maximum atomic E-state index is 13.3. The van der Waals surface area contributed by atoms with Crippen molar-refractivity contribution in [1.82, 2.24) is 0 Å². The molecule has 1 aliphatic rings. The van der Waals surface area contributed by atoms with Gasteiger partial charge in [0.05, 0.1) is 30.3 Å². The van der Waals surface area contributed by atoms with Crippen LogP contribution < -0.4 is 14.4 Å². The normalized spacial score (nSPS) is 16.8. The number of carbonyl (C=O) groups is 2. The third-order valence-electron chi connectivity index (χ3n) is 5.88. The van der Waals surface area contributed by atoms with Gasteiger partial charge < -0.3 is 14.6 Å². The molecule has 1 N–H and O–H groups in total. The molecule has 0 bridgehead atoms. The van der Waals surface area contributed by atoms with Crippen LogP contribution in [0.3, 0.4) is 0 Å². The zero-order valence-corrected chi connectivity index (χ0v) is 19.9. The topological polar surface area (TPSA) is 119 Å². The fourth-order valence-electron chi connectivity index (χ4n) is 4.22. The molecule has 0 spiro atoms. The Morgan fingerprint density at radius 3 is 2.39 bits per heavy atom.